The molecule has 0 aromatic heterocycles. The summed E-state index contributed by atoms with van der Waals surface area (Å²) in [4.78, 5) is 14.9. The molecule has 144 valence electrons. The van der Waals surface area contributed by atoms with E-state index < -0.39 is 9.84 Å². The molecule has 7 heteroatoms. The monoisotopic (exact) mass is 398 g/mol. The van der Waals surface area contributed by atoms with Crippen LogP contribution in [0.5, 0.6) is 0 Å². The highest BCUT2D eigenvalue weighted by Gasteiger charge is 2.38. The van der Waals surface area contributed by atoms with Crippen LogP contribution in [0.1, 0.15) is 50.6 Å². The fourth-order valence-electron chi connectivity index (χ4n) is 4.08. The molecule has 2 fully saturated rings. The summed E-state index contributed by atoms with van der Waals surface area (Å²) in [5, 5.41) is 3.97. The molecule has 1 N–H and O–H groups in total. The summed E-state index contributed by atoms with van der Waals surface area (Å²) in [6.45, 7) is 2.23. The smallest absolute Gasteiger partial charge is 0.237 e. The molecule has 2 atom stereocenters. The molecule has 1 aliphatic heterocycles. The Balaban J connectivity index is 1.64. The zero-order valence-corrected chi connectivity index (χ0v) is 16.7. The quantitative estimate of drug-likeness (QED) is 0.800. The van der Waals surface area contributed by atoms with Gasteiger partial charge in [-0.15, -0.1) is 0 Å². The van der Waals surface area contributed by atoms with Crippen LogP contribution in [-0.2, 0) is 14.6 Å². The SMILES string of the molecule is C[C@@H](NCC(=O)N(C1CCCC1)[C@@H]1CCS(=O)(=O)C1)c1ccc(Cl)cc1. The number of nitrogens with zero attached hydrogens (tertiary/aromatic N) is 1. The Morgan fingerprint density at radius 3 is 2.42 bits per heavy atom. The minimum Gasteiger partial charge on any atom is -0.335 e. The van der Waals surface area contributed by atoms with E-state index in [1.807, 2.05) is 36.1 Å². The predicted molar refractivity (Wildman–Crippen MR) is 104 cm³/mol. The molecule has 0 bridgehead atoms. The van der Waals surface area contributed by atoms with Crippen LogP contribution in [0, 0.1) is 0 Å². The molecule has 5 nitrogen and oxygen atoms in total. The van der Waals surface area contributed by atoms with Gasteiger partial charge < -0.3 is 10.2 Å². The van der Waals surface area contributed by atoms with E-state index in [0.717, 1.165) is 31.2 Å². The lowest BCUT2D eigenvalue weighted by Crippen LogP contribution is -2.50. The Labute approximate surface area is 161 Å². The normalized spacial score (nSPS) is 23.8. The fraction of sp³-hybridized carbons (Fsp3) is 0.632. The number of sulfone groups is 1. The molecule has 0 unspecified atom stereocenters. The van der Waals surface area contributed by atoms with Crippen molar-refractivity contribution in [2.45, 2.75) is 57.2 Å². The summed E-state index contributed by atoms with van der Waals surface area (Å²) in [5.41, 5.74) is 1.07. The van der Waals surface area contributed by atoms with Gasteiger partial charge in [-0.05, 0) is 43.9 Å². The Bertz CT molecular complexity index is 730. The lowest BCUT2D eigenvalue weighted by molar-refractivity contribution is -0.134. The number of halogens is 1. The molecule has 1 amide bonds. The van der Waals surface area contributed by atoms with Crippen LogP contribution in [-0.4, -0.2) is 49.4 Å². The van der Waals surface area contributed by atoms with Crippen LogP contribution in [0.15, 0.2) is 24.3 Å². The van der Waals surface area contributed by atoms with Crippen LogP contribution in [0.4, 0.5) is 0 Å². The van der Waals surface area contributed by atoms with E-state index in [1.165, 1.54) is 0 Å². The molecule has 0 spiro atoms. The predicted octanol–water partition coefficient (Wildman–Crippen LogP) is 2.95. The number of carbonyl (C=O) groups excluding carboxylic acids is 1. The minimum absolute atomic E-state index is 0.0137. The van der Waals surface area contributed by atoms with Gasteiger partial charge in [-0.3, -0.25) is 4.79 Å². The van der Waals surface area contributed by atoms with E-state index >= 15 is 0 Å². The number of nitrogens with one attached hydrogen (secondary N) is 1. The molecular weight excluding hydrogens is 372 g/mol. The molecule has 2 aliphatic rings. The van der Waals surface area contributed by atoms with Gasteiger partial charge in [0, 0.05) is 23.1 Å². The fourth-order valence-corrected chi connectivity index (χ4v) is 5.92. The first-order valence-electron chi connectivity index (χ1n) is 9.36. The van der Waals surface area contributed by atoms with Crippen molar-refractivity contribution in [1.82, 2.24) is 10.2 Å². The summed E-state index contributed by atoms with van der Waals surface area (Å²) in [7, 11) is -3.01. The van der Waals surface area contributed by atoms with Crippen molar-refractivity contribution >= 4 is 27.3 Å². The highest BCUT2D eigenvalue weighted by atomic mass is 35.5. The molecule has 1 heterocycles. The van der Waals surface area contributed by atoms with Gasteiger partial charge in [-0.25, -0.2) is 8.42 Å². The number of hydrogen-bond acceptors (Lipinski definition) is 4. The largest absolute Gasteiger partial charge is 0.335 e. The maximum absolute atomic E-state index is 13.0. The summed E-state index contributed by atoms with van der Waals surface area (Å²) < 4.78 is 23.8. The second-order valence-corrected chi connectivity index (χ2v) is 10.1. The Kier molecular flexibility index (Phi) is 6.25. The molecule has 1 aromatic carbocycles. The van der Waals surface area contributed by atoms with Crippen LogP contribution < -0.4 is 5.32 Å². The van der Waals surface area contributed by atoms with Crippen LogP contribution in [0.25, 0.3) is 0 Å². The molecule has 3 rings (SSSR count). The minimum atomic E-state index is -3.01. The van der Waals surface area contributed by atoms with Crippen molar-refractivity contribution in [3.63, 3.8) is 0 Å². The summed E-state index contributed by atoms with van der Waals surface area (Å²) >= 11 is 5.92. The molecule has 1 saturated carbocycles. The first-order valence-corrected chi connectivity index (χ1v) is 11.6. The molecule has 26 heavy (non-hydrogen) atoms. The Morgan fingerprint density at radius 2 is 1.85 bits per heavy atom. The van der Waals surface area contributed by atoms with Gasteiger partial charge in [0.2, 0.25) is 5.91 Å². The Morgan fingerprint density at radius 1 is 1.19 bits per heavy atom. The van der Waals surface area contributed by atoms with Gasteiger partial charge in [-0.1, -0.05) is 36.6 Å². The summed E-state index contributed by atoms with van der Waals surface area (Å²) in [6.07, 6.45) is 4.76. The van der Waals surface area contributed by atoms with Gasteiger partial charge in [0.1, 0.15) is 0 Å². The van der Waals surface area contributed by atoms with Crippen LogP contribution in [0.2, 0.25) is 5.02 Å². The first kappa shape index (κ1) is 19.6. The molecule has 1 aliphatic carbocycles. The average Bonchev–Trinajstić information content (AvgIpc) is 3.24. The number of rotatable bonds is 6. The third-order valence-corrected chi connectivity index (χ3v) is 7.54. The summed E-state index contributed by atoms with van der Waals surface area (Å²) in [6, 6.07) is 7.62. The second-order valence-electron chi connectivity index (χ2n) is 7.45. The van der Waals surface area contributed by atoms with Gasteiger partial charge in [0.05, 0.1) is 18.1 Å². The second kappa shape index (κ2) is 8.28. The lowest BCUT2D eigenvalue weighted by atomic mass is 10.1. The number of carbonyl (C=O) groups is 1. The van der Waals surface area contributed by atoms with Gasteiger partial charge in [0.15, 0.2) is 9.84 Å². The maximum Gasteiger partial charge on any atom is 0.237 e. The van der Waals surface area contributed by atoms with Gasteiger partial charge in [-0.2, -0.15) is 0 Å². The van der Waals surface area contributed by atoms with E-state index in [0.29, 0.717) is 11.4 Å². The Hall–Kier alpha value is -1.11. The van der Waals surface area contributed by atoms with Gasteiger partial charge in [0.25, 0.3) is 0 Å². The van der Waals surface area contributed by atoms with Crippen LogP contribution >= 0.6 is 11.6 Å². The van der Waals surface area contributed by atoms with Crippen molar-refractivity contribution in [3.8, 4) is 0 Å². The van der Waals surface area contributed by atoms with E-state index in [4.69, 9.17) is 11.6 Å². The topological polar surface area (TPSA) is 66.5 Å². The van der Waals surface area contributed by atoms with Crippen molar-refractivity contribution in [3.05, 3.63) is 34.9 Å². The average molecular weight is 399 g/mol. The van der Waals surface area contributed by atoms with E-state index in [1.54, 1.807) is 0 Å². The highest BCUT2D eigenvalue weighted by Crippen LogP contribution is 2.29. The van der Waals surface area contributed by atoms with E-state index in [9.17, 15) is 13.2 Å². The maximum atomic E-state index is 13.0. The number of amides is 1. The van der Waals surface area contributed by atoms with Gasteiger partial charge >= 0.3 is 0 Å². The first-order chi connectivity index (χ1) is 12.4. The van der Waals surface area contributed by atoms with E-state index in [2.05, 4.69) is 5.32 Å². The molecule has 0 radical (unpaired) electrons. The molecular formula is C19H27ClN2O3S. The number of hydrogen-bond donors (Lipinski definition) is 1. The third-order valence-electron chi connectivity index (χ3n) is 5.54. The molecule has 1 aromatic rings. The van der Waals surface area contributed by atoms with Crippen molar-refractivity contribution in [1.29, 1.82) is 0 Å². The van der Waals surface area contributed by atoms with Crippen LogP contribution in [0.3, 0.4) is 0 Å². The highest BCUT2D eigenvalue weighted by molar-refractivity contribution is 7.91. The molecule has 1 saturated heterocycles. The van der Waals surface area contributed by atoms with Crippen molar-refractivity contribution in [2.75, 3.05) is 18.1 Å². The zero-order valence-electron chi connectivity index (χ0n) is 15.2. The van der Waals surface area contributed by atoms with E-state index in [-0.39, 0.29) is 42.1 Å². The third kappa shape index (κ3) is 4.78. The van der Waals surface area contributed by atoms with Crippen molar-refractivity contribution < 1.29 is 13.2 Å². The number of benzene rings is 1. The zero-order chi connectivity index (χ0) is 18.7. The lowest BCUT2D eigenvalue weighted by Gasteiger charge is -2.34. The standard InChI is InChI=1S/C19H27ClN2O3S/c1-14(15-6-8-16(20)9-7-15)21-12-19(23)22(17-4-2-3-5-17)18-10-11-26(24,25)13-18/h6-9,14,17-18,21H,2-5,10-13H2,1H3/t14-,18-/m1/s1. The summed E-state index contributed by atoms with van der Waals surface area (Å²) in [5.74, 6) is 0.324. The van der Waals surface area contributed by atoms with Crippen molar-refractivity contribution in [2.24, 2.45) is 0 Å².